The Labute approximate surface area is 162 Å². The van der Waals surface area contributed by atoms with Crippen molar-refractivity contribution in [2.45, 2.75) is 18.9 Å². The zero-order valence-electron chi connectivity index (χ0n) is 15.7. The molecule has 1 saturated heterocycles. The predicted molar refractivity (Wildman–Crippen MR) is 111 cm³/mol. The highest BCUT2D eigenvalue weighted by molar-refractivity contribution is 5.83. The fraction of sp³-hybridized carbons (Fsp3) is 0.286. The van der Waals surface area contributed by atoms with Crippen LogP contribution < -0.4 is 16.2 Å². The molecule has 3 heterocycles. The van der Waals surface area contributed by atoms with Gasteiger partial charge in [-0.2, -0.15) is 5.10 Å². The summed E-state index contributed by atoms with van der Waals surface area (Å²) in [7, 11) is 1.89. The first-order valence-corrected chi connectivity index (χ1v) is 9.60. The van der Waals surface area contributed by atoms with Crippen molar-refractivity contribution in [2.24, 2.45) is 7.05 Å². The summed E-state index contributed by atoms with van der Waals surface area (Å²) in [6.07, 6.45) is 5.76. The molecule has 0 saturated carbocycles. The van der Waals surface area contributed by atoms with Gasteiger partial charge in [-0.25, -0.2) is 4.98 Å². The number of benzene rings is 2. The third-order valence-electron chi connectivity index (χ3n) is 5.35. The van der Waals surface area contributed by atoms with Gasteiger partial charge in [0.1, 0.15) is 6.33 Å². The second-order valence-corrected chi connectivity index (χ2v) is 7.37. The summed E-state index contributed by atoms with van der Waals surface area (Å²) < 4.78 is 3.35. The van der Waals surface area contributed by atoms with Gasteiger partial charge in [0, 0.05) is 30.4 Å². The Morgan fingerprint density at radius 2 is 1.96 bits per heavy atom. The molecule has 2 aromatic heterocycles. The van der Waals surface area contributed by atoms with Gasteiger partial charge in [-0.05, 0) is 62.3 Å². The van der Waals surface area contributed by atoms with Crippen molar-refractivity contribution >= 4 is 27.5 Å². The van der Waals surface area contributed by atoms with Crippen molar-refractivity contribution in [3.63, 3.8) is 0 Å². The number of rotatable bonds is 3. The Bertz CT molecular complexity index is 1220. The van der Waals surface area contributed by atoms with Gasteiger partial charge in [0.15, 0.2) is 0 Å². The van der Waals surface area contributed by atoms with Gasteiger partial charge in [0.05, 0.1) is 22.1 Å². The number of fused-ring (bicyclic) bond motifs is 2. The van der Waals surface area contributed by atoms with Crippen LogP contribution in [0.3, 0.4) is 0 Å². The van der Waals surface area contributed by atoms with Gasteiger partial charge >= 0.3 is 0 Å². The van der Waals surface area contributed by atoms with Crippen LogP contribution in [0.25, 0.3) is 27.5 Å². The summed E-state index contributed by atoms with van der Waals surface area (Å²) in [6.45, 7) is 2.07. The van der Waals surface area contributed by atoms with E-state index in [4.69, 9.17) is 0 Å². The number of aromatic nitrogens is 4. The van der Waals surface area contributed by atoms with Gasteiger partial charge in [0.2, 0.25) is 0 Å². The smallest absolute Gasteiger partial charge is 0.265 e. The molecule has 2 N–H and O–H groups in total. The molecule has 4 aromatic rings. The number of anilines is 1. The molecule has 1 aliphatic rings. The second kappa shape index (κ2) is 6.76. The molecule has 1 fully saturated rings. The minimum Gasteiger partial charge on any atom is -0.382 e. The minimum absolute atomic E-state index is 0.0753. The van der Waals surface area contributed by atoms with Crippen molar-refractivity contribution in [3.8, 4) is 5.69 Å². The van der Waals surface area contributed by atoms with Gasteiger partial charge in [-0.3, -0.25) is 14.0 Å². The first kappa shape index (κ1) is 16.9. The normalized spacial score (nSPS) is 15.3. The zero-order valence-corrected chi connectivity index (χ0v) is 15.7. The van der Waals surface area contributed by atoms with Crippen molar-refractivity contribution in [1.29, 1.82) is 0 Å². The number of hydrogen-bond donors (Lipinski definition) is 2. The Balaban J connectivity index is 1.51. The van der Waals surface area contributed by atoms with Gasteiger partial charge in [-0.15, -0.1) is 0 Å². The molecular weight excluding hydrogens is 352 g/mol. The lowest BCUT2D eigenvalue weighted by molar-refractivity contribution is 0.479. The maximum absolute atomic E-state index is 13.0. The number of hydrogen-bond acceptors (Lipinski definition) is 5. The zero-order chi connectivity index (χ0) is 19.1. The summed E-state index contributed by atoms with van der Waals surface area (Å²) >= 11 is 0. The van der Waals surface area contributed by atoms with Crippen LogP contribution in [0.2, 0.25) is 0 Å². The van der Waals surface area contributed by atoms with Crippen LogP contribution in [0.1, 0.15) is 12.8 Å². The highest BCUT2D eigenvalue weighted by Crippen LogP contribution is 2.20. The van der Waals surface area contributed by atoms with E-state index < -0.39 is 0 Å². The summed E-state index contributed by atoms with van der Waals surface area (Å²) in [5, 5.41) is 13.0. The predicted octanol–water partition coefficient (Wildman–Crippen LogP) is 2.44. The molecule has 5 rings (SSSR count). The SMILES string of the molecule is Cn1cc2ccc(-n3cnc4cc(NC5CCNCC5)ccc4c3=O)cc2n1. The highest BCUT2D eigenvalue weighted by atomic mass is 16.1. The van der Waals surface area contributed by atoms with Gasteiger partial charge in [0.25, 0.3) is 5.56 Å². The first-order valence-electron chi connectivity index (χ1n) is 9.60. The van der Waals surface area contributed by atoms with Crippen molar-refractivity contribution in [3.05, 3.63) is 59.3 Å². The molecular formula is C21H22N6O. The van der Waals surface area contributed by atoms with Crippen LogP contribution in [0.4, 0.5) is 5.69 Å². The van der Waals surface area contributed by atoms with Crippen LogP contribution >= 0.6 is 0 Å². The van der Waals surface area contributed by atoms with Crippen molar-refractivity contribution in [2.75, 3.05) is 18.4 Å². The van der Waals surface area contributed by atoms with E-state index in [0.29, 0.717) is 16.9 Å². The number of nitrogens with one attached hydrogen (secondary N) is 2. The molecule has 1 aliphatic heterocycles. The quantitative estimate of drug-likeness (QED) is 0.576. The maximum Gasteiger partial charge on any atom is 0.265 e. The molecule has 0 bridgehead atoms. The van der Waals surface area contributed by atoms with Crippen LogP contribution in [0.15, 0.2) is 53.7 Å². The minimum atomic E-state index is -0.0753. The van der Waals surface area contributed by atoms with E-state index in [9.17, 15) is 4.79 Å². The standard InChI is InChI=1S/C21H22N6O/c1-26-12-14-2-4-17(11-19(14)25-26)27-13-23-20-10-16(3-5-18(20)21(27)28)24-15-6-8-22-9-7-15/h2-5,10-13,15,22,24H,6-9H2,1H3. The topological polar surface area (TPSA) is 76.8 Å². The molecule has 0 amide bonds. The van der Waals surface area contributed by atoms with E-state index in [1.807, 2.05) is 49.6 Å². The molecule has 0 aliphatic carbocycles. The van der Waals surface area contributed by atoms with E-state index in [-0.39, 0.29) is 5.56 Å². The molecule has 0 spiro atoms. The van der Waals surface area contributed by atoms with Crippen LogP contribution in [0.5, 0.6) is 0 Å². The van der Waals surface area contributed by atoms with E-state index in [2.05, 4.69) is 20.7 Å². The third kappa shape index (κ3) is 3.03. The van der Waals surface area contributed by atoms with Crippen molar-refractivity contribution in [1.82, 2.24) is 24.6 Å². The molecule has 0 radical (unpaired) electrons. The average Bonchev–Trinajstić information content (AvgIpc) is 3.08. The third-order valence-corrected chi connectivity index (χ3v) is 5.35. The summed E-state index contributed by atoms with van der Waals surface area (Å²) in [4.78, 5) is 17.6. The number of nitrogens with zero attached hydrogens (tertiary/aromatic N) is 4. The van der Waals surface area contributed by atoms with E-state index in [1.54, 1.807) is 15.6 Å². The lowest BCUT2D eigenvalue weighted by Gasteiger charge is -2.24. The highest BCUT2D eigenvalue weighted by Gasteiger charge is 2.13. The van der Waals surface area contributed by atoms with Crippen molar-refractivity contribution < 1.29 is 0 Å². The first-order chi connectivity index (χ1) is 13.7. The van der Waals surface area contributed by atoms with Gasteiger partial charge in [-0.1, -0.05) is 0 Å². The maximum atomic E-state index is 13.0. The van der Waals surface area contributed by atoms with E-state index >= 15 is 0 Å². The number of piperidine rings is 1. The molecule has 7 nitrogen and oxygen atoms in total. The molecule has 7 heteroatoms. The largest absolute Gasteiger partial charge is 0.382 e. The lowest BCUT2D eigenvalue weighted by Crippen LogP contribution is -2.35. The molecule has 28 heavy (non-hydrogen) atoms. The molecule has 0 atom stereocenters. The summed E-state index contributed by atoms with van der Waals surface area (Å²) in [5.74, 6) is 0. The van der Waals surface area contributed by atoms with Gasteiger partial charge < -0.3 is 10.6 Å². The molecule has 2 aromatic carbocycles. The second-order valence-electron chi connectivity index (χ2n) is 7.37. The Kier molecular flexibility index (Phi) is 4.09. The monoisotopic (exact) mass is 374 g/mol. The Morgan fingerprint density at radius 1 is 1.11 bits per heavy atom. The summed E-state index contributed by atoms with van der Waals surface area (Å²) in [6, 6.07) is 12.1. The Morgan fingerprint density at radius 3 is 2.82 bits per heavy atom. The fourth-order valence-electron chi connectivity index (χ4n) is 3.87. The average molecular weight is 374 g/mol. The van der Waals surface area contributed by atoms with E-state index in [0.717, 1.165) is 48.2 Å². The fourth-order valence-corrected chi connectivity index (χ4v) is 3.87. The van der Waals surface area contributed by atoms with Crippen LogP contribution in [-0.2, 0) is 7.05 Å². The summed E-state index contributed by atoms with van der Waals surface area (Å²) in [5.41, 5.74) is 3.27. The number of aryl methyl sites for hydroxylation is 1. The molecule has 0 unspecified atom stereocenters. The van der Waals surface area contributed by atoms with Crippen LogP contribution in [0, 0.1) is 0 Å². The Hall–Kier alpha value is -3.19. The van der Waals surface area contributed by atoms with E-state index in [1.165, 1.54) is 0 Å². The van der Waals surface area contributed by atoms with Crippen LogP contribution in [-0.4, -0.2) is 38.5 Å². The molecule has 142 valence electrons. The lowest BCUT2D eigenvalue weighted by atomic mass is 10.1.